The second kappa shape index (κ2) is 4.88. The van der Waals surface area contributed by atoms with E-state index in [0.29, 0.717) is 4.88 Å². The number of thiophene rings is 1. The molecule has 7 heteroatoms. The van der Waals surface area contributed by atoms with Gasteiger partial charge in [0.15, 0.2) is 11.2 Å². The summed E-state index contributed by atoms with van der Waals surface area (Å²) in [6.45, 7) is 2.32. The number of esters is 2. The van der Waals surface area contributed by atoms with Gasteiger partial charge in [-0.3, -0.25) is 9.59 Å². The molecule has 1 unspecified atom stereocenters. The highest BCUT2D eigenvalue weighted by Crippen LogP contribution is 2.48. The topological polar surface area (TPSA) is 52.6 Å². The molecule has 0 amide bonds. The Bertz CT molecular complexity index is 524. The molecule has 1 aromatic heterocycles. The molecule has 2 rings (SSSR count). The van der Waals surface area contributed by atoms with E-state index >= 15 is 0 Å². The lowest BCUT2D eigenvalue weighted by atomic mass is 9.92. The lowest BCUT2D eigenvalue weighted by Crippen LogP contribution is -2.33. The molecule has 1 aromatic rings. The predicted octanol–water partition coefficient (Wildman–Crippen LogP) is 2.86. The summed E-state index contributed by atoms with van der Waals surface area (Å²) in [5.41, 5.74) is 0.229. The molecule has 0 aliphatic heterocycles. The SMILES string of the molecule is CC(=O)Oc1cc2c(s1)CCC(F)(F)C2OC(C)=O. The van der Waals surface area contributed by atoms with Crippen LogP contribution in [0.4, 0.5) is 8.78 Å². The van der Waals surface area contributed by atoms with Gasteiger partial charge in [0.25, 0.3) is 5.92 Å². The third kappa shape index (κ3) is 2.91. The summed E-state index contributed by atoms with van der Waals surface area (Å²) in [4.78, 5) is 22.5. The fourth-order valence-corrected chi connectivity index (χ4v) is 3.06. The normalized spacial score (nSPS) is 20.5. The van der Waals surface area contributed by atoms with E-state index in [4.69, 9.17) is 9.47 Å². The van der Waals surface area contributed by atoms with Crippen LogP contribution in [0.1, 0.15) is 36.8 Å². The molecular formula is C12H12F2O4S. The third-order valence-electron chi connectivity index (χ3n) is 2.70. The Morgan fingerprint density at radius 3 is 2.63 bits per heavy atom. The van der Waals surface area contributed by atoms with Crippen LogP contribution in [-0.4, -0.2) is 17.9 Å². The van der Waals surface area contributed by atoms with Crippen LogP contribution in [0, 0.1) is 0 Å². The summed E-state index contributed by atoms with van der Waals surface area (Å²) < 4.78 is 37.2. The molecule has 0 radical (unpaired) electrons. The first kappa shape index (κ1) is 13.9. The molecule has 0 saturated heterocycles. The highest BCUT2D eigenvalue weighted by atomic mass is 32.1. The van der Waals surface area contributed by atoms with Crippen molar-refractivity contribution in [2.45, 2.75) is 38.7 Å². The van der Waals surface area contributed by atoms with E-state index in [-0.39, 0.29) is 17.0 Å². The van der Waals surface area contributed by atoms with Crippen molar-refractivity contribution in [3.8, 4) is 5.06 Å². The second-order valence-corrected chi connectivity index (χ2v) is 5.39. The maximum atomic E-state index is 13.8. The molecule has 104 valence electrons. The van der Waals surface area contributed by atoms with Crippen molar-refractivity contribution in [2.24, 2.45) is 0 Å². The zero-order valence-corrected chi connectivity index (χ0v) is 11.2. The van der Waals surface area contributed by atoms with E-state index in [1.807, 2.05) is 0 Å². The monoisotopic (exact) mass is 290 g/mol. The first-order chi connectivity index (χ1) is 8.79. The number of alkyl halides is 2. The third-order valence-corrected chi connectivity index (χ3v) is 3.79. The molecule has 0 aromatic carbocycles. The van der Waals surface area contributed by atoms with Crippen LogP contribution < -0.4 is 4.74 Å². The Morgan fingerprint density at radius 1 is 1.37 bits per heavy atom. The van der Waals surface area contributed by atoms with Crippen molar-refractivity contribution >= 4 is 23.3 Å². The van der Waals surface area contributed by atoms with Crippen LogP contribution in [0.5, 0.6) is 5.06 Å². The Hall–Kier alpha value is -1.50. The largest absolute Gasteiger partial charge is 0.451 e. The van der Waals surface area contributed by atoms with Crippen LogP contribution in [0.15, 0.2) is 6.07 Å². The predicted molar refractivity (Wildman–Crippen MR) is 63.4 cm³/mol. The van der Waals surface area contributed by atoms with Crippen molar-refractivity contribution in [1.29, 1.82) is 0 Å². The van der Waals surface area contributed by atoms with Gasteiger partial charge in [-0.1, -0.05) is 0 Å². The van der Waals surface area contributed by atoms with Gasteiger partial charge >= 0.3 is 11.9 Å². The zero-order valence-electron chi connectivity index (χ0n) is 10.4. The number of carbonyl (C=O) groups is 2. The average molecular weight is 290 g/mol. The molecular weight excluding hydrogens is 278 g/mol. The fourth-order valence-electron chi connectivity index (χ4n) is 1.98. The number of aryl methyl sites for hydroxylation is 1. The van der Waals surface area contributed by atoms with E-state index in [1.54, 1.807) is 0 Å². The fraction of sp³-hybridized carbons (Fsp3) is 0.500. The van der Waals surface area contributed by atoms with Crippen LogP contribution in [0.3, 0.4) is 0 Å². The Morgan fingerprint density at radius 2 is 2.05 bits per heavy atom. The van der Waals surface area contributed by atoms with Crippen LogP contribution in [-0.2, 0) is 20.7 Å². The molecule has 1 heterocycles. The molecule has 0 saturated carbocycles. The maximum Gasteiger partial charge on any atom is 0.308 e. The van der Waals surface area contributed by atoms with E-state index in [9.17, 15) is 18.4 Å². The van der Waals surface area contributed by atoms with Crippen LogP contribution >= 0.6 is 11.3 Å². The van der Waals surface area contributed by atoms with E-state index < -0.39 is 30.4 Å². The van der Waals surface area contributed by atoms with Crippen molar-refractivity contribution in [3.63, 3.8) is 0 Å². The molecule has 1 aliphatic carbocycles. The molecule has 1 atom stereocenters. The first-order valence-corrected chi connectivity index (χ1v) is 6.47. The van der Waals surface area contributed by atoms with E-state index in [2.05, 4.69) is 0 Å². The minimum absolute atomic E-state index is 0.173. The number of ether oxygens (including phenoxy) is 2. The quantitative estimate of drug-likeness (QED) is 0.786. The van der Waals surface area contributed by atoms with Gasteiger partial charge in [0.1, 0.15) is 0 Å². The van der Waals surface area contributed by atoms with Crippen molar-refractivity contribution < 1.29 is 27.8 Å². The molecule has 0 N–H and O–H groups in total. The number of halogens is 2. The lowest BCUT2D eigenvalue weighted by molar-refractivity contribution is -0.176. The van der Waals surface area contributed by atoms with Gasteiger partial charge in [-0.2, -0.15) is 0 Å². The number of hydrogen-bond acceptors (Lipinski definition) is 5. The van der Waals surface area contributed by atoms with Gasteiger partial charge in [-0.25, -0.2) is 8.78 Å². The molecule has 4 nitrogen and oxygen atoms in total. The summed E-state index contributed by atoms with van der Waals surface area (Å²) >= 11 is 1.13. The first-order valence-electron chi connectivity index (χ1n) is 5.65. The van der Waals surface area contributed by atoms with Gasteiger partial charge in [-0.05, 0) is 12.5 Å². The van der Waals surface area contributed by atoms with Gasteiger partial charge in [0.2, 0.25) is 0 Å². The summed E-state index contributed by atoms with van der Waals surface area (Å²) in [6.07, 6.45) is -1.82. The summed E-state index contributed by atoms with van der Waals surface area (Å²) in [5.74, 6) is -4.39. The average Bonchev–Trinajstić information content (AvgIpc) is 2.64. The van der Waals surface area contributed by atoms with Gasteiger partial charge in [0, 0.05) is 30.7 Å². The number of carbonyl (C=O) groups excluding carboxylic acids is 2. The van der Waals surface area contributed by atoms with E-state index in [0.717, 1.165) is 18.3 Å². The Balaban J connectivity index is 2.35. The van der Waals surface area contributed by atoms with Gasteiger partial charge < -0.3 is 9.47 Å². The number of hydrogen-bond donors (Lipinski definition) is 0. The smallest absolute Gasteiger partial charge is 0.308 e. The zero-order chi connectivity index (χ0) is 14.2. The summed E-state index contributed by atoms with van der Waals surface area (Å²) in [6, 6.07) is 1.35. The second-order valence-electron chi connectivity index (χ2n) is 4.29. The Labute approximate surface area is 112 Å². The Kier molecular flexibility index (Phi) is 3.58. The lowest BCUT2D eigenvalue weighted by Gasteiger charge is -2.30. The van der Waals surface area contributed by atoms with Crippen LogP contribution in [0.25, 0.3) is 0 Å². The standard InChI is InChI=1S/C12H12F2O4S/c1-6(15)17-10-5-8-9(19-10)3-4-12(13,14)11(8)18-7(2)16/h5,11H,3-4H2,1-2H3. The highest BCUT2D eigenvalue weighted by molar-refractivity contribution is 7.14. The minimum atomic E-state index is -3.10. The van der Waals surface area contributed by atoms with Gasteiger partial charge in [-0.15, -0.1) is 11.3 Å². The molecule has 1 aliphatic rings. The number of fused-ring (bicyclic) bond motifs is 1. The van der Waals surface area contributed by atoms with Crippen molar-refractivity contribution in [1.82, 2.24) is 0 Å². The highest BCUT2D eigenvalue weighted by Gasteiger charge is 2.48. The summed E-state index contributed by atoms with van der Waals surface area (Å²) in [5, 5.41) is 0.243. The molecule has 0 spiro atoms. The van der Waals surface area contributed by atoms with Crippen molar-refractivity contribution in [3.05, 3.63) is 16.5 Å². The van der Waals surface area contributed by atoms with Crippen molar-refractivity contribution in [2.75, 3.05) is 0 Å². The molecule has 0 bridgehead atoms. The molecule has 0 fully saturated rings. The van der Waals surface area contributed by atoms with E-state index in [1.165, 1.54) is 13.0 Å². The van der Waals surface area contributed by atoms with Crippen LogP contribution in [0.2, 0.25) is 0 Å². The van der Waals surface area contributed by atoms with Gasteiger partial charge in [0.05, 0.1) is 0 Å². The minimum Gasteiger partial charge on any atom is -0.451 e. The molecule has 19 heavy (non-hydrogen) atoms. The summed E-state index contributed by atoms with van der Waals surface area (Å²) in [7, 11) is 0. The maximum absolute atomic E-state index is 13.8. The number of rotatable bonds is 2.